The van der Waals surface area contributed by atoms with E-state index < -0.39 is 6.36 Å². The Hall–Kier alpha value is -3.49. The highest BCUT2D eigenvalue weighted by molar-refractivity contribution is 5.56. The van der Waals surface area contributed by atoms with E-state index in [0.717, 1.165) is 5.56 Å². The number of aliphatic hydroxyl groups excluding tert-OH is 1. The SMILES string of the molecule is C=C(O)c1ccc(CN(C)c2ncn(-c3ccc(OC(F)(F)F)cc3)n2)cc1. The molecule has 0 aliphatic heterocycles. The standard InChI is InChI=1S/C19H17F3N4O2/c1-13(27)15-5-3-14(4-6-15)11-25(2)18-23-12-26(24-18)16-7-9-17(10-8-16)28-19(20,21)22/h3-10,12,27H,1,11H2,2H3. The van der Waals surface area contributed by atoms with E-state index in [1.807, 2.05) is 24.1 Å². The molecule has 6 nitrogen and oxygen atoms in total. The number of benzene rings is 2. The molecule has 0 unspecified atom stereocenters. The van der Waals surface area contributed by atoms with Gasteiger partial charge in [-0.3, -0.25) is 0 Å². The first-order chi connectivity index (χ1) is 13.2. The number of halogens is 3. The second-order valence-corrected chi connectivity index (χ2v) is 6.03. The van der Waals surface area contributed by atoms with Crippen LogP contribution < -0.4 is 9.64 Å². The second kappa shape index (κ2) is 7.63. The Morgan fingerprint density at radius 2 is 1.79 bits per heavy atom. The van der Waals surface area contributed by atoms with Crippen molar-refractivity contribution in [2.45, 2.75) is 12.9 Å². The molecule has 28 heavy (non-hydrogen) atoms. The molecule has 3 rings (SSSR count). The summed E-state index contributed by atoms with van der Waals surface area (Å²) in [6, 6.07) is 12.6. The number of ether oxygens (including phenoxy) is 1. The molecule has 0 aliphatic rings. The van der Waals surface area contributed by atoms with Gasteiger partial charge in [0, 0.05) is 19.2 Å². The number of rotatable bonds is 6. The third kappa shape index (κ3) is 4.81. The molecule has 0 bridgehead atoms. The van der Waals surface area contributed by atoms with Crippen LogP contribution in [0.2, 0.25) is 0 Å². The summed E-state index contributed by atoms with van der Waals surface area (Å²) in [4.78, 5) is 6.05. The van der Waals surface area contributed by atoms with Crippen molar-refractivity contribution >= 4 is 11.7 Å². The first-order valence-corrected chi connectivity index (χ1v) is 8.17. The summed E-state index contributed by atoms with van der Waals surface area (Å²) < 4.78 is 42.0. The third-order valence-corrected chi connectivity index (χ3v) is 3.86. The summed E-state index contributed by atoms with van der Waals surface area (Å²) in [5.74, 6) is 0.154. The van der Waals surface area contributed by atoms with Crippen LogP contribution in [0.3, 0.4) is 0 Å². The van der Waals surface area contributed by atoms with Gasteiger partial charge in [0.2, 0.25) is 5.95 Å². The number of aromatic nitrogens is 3. The van der Waals surface area contributed by atoms with Crippen LogP contribution in [-0.4, -0.2) is 33.3 Å². The minimum atomic E-state index is -4.73. The molecule has 0 saturated heterocycles. The molecule has 1 heterocycles. The van der Waals surface area contributed by atoms with Crippen LogP contribution in [0.15, 0.2) is 61.4 Å². The van der Waals surface area contributed by atoms with Crippen LogP contribution in [0.1, 0.15) is 11.1 Å². The molecule has 0 saturated carbocycles. The second-order valence-electron chi connectivity index (χ2n) is 6.03. The zero-order valence-corrected chi connectivity index (χ0v) is 14.9. The first kappa shape index (κ1) is 19.3. The van der Waals surface area contributed by atoms with E-state index in [0.29, 0.717) is 23.7 Å². The van der Waals surface area contributed by atoms with Gasteiger partial charge in [-0.15, -0.1) is 18.3 Å². The number of aliphatic hydroxyl groups is 1. The van der Waals surface area contributed by atoms with E-state index in [9.17, 15) is 18.3 Å². The number of anilines is 1. The van der Waals surface area contributed by atoms with Crippen molar-refractivity contribution in [1.29, 1.82) is 0 Å². The fraction of sp³-hybridized carbons (Fsp3) is 0.158. The average Bonchev–Trinajstić information content (AvgIpc) is 3.12. The Morgan fingerprint density at radius 3 is 2.36 bits per heavy atom. The topological polar surface area (TPSA) is 63.4 Å². The number of alkyl halides is 3. The van der Waals surface area contributed by atoms with E-state index >= 15 is 0 Å². The van der Waals surface area contributed by atoms with Crippen LogP contribution in [0, 0.1) is 0 Å². The molecule has 0 spiro atoms. The maximum absolute atomic E-state index is 12.2. The van der Waals surface area contributed by atoms with Crippen molar-refractivity contribution in [3.8, 4) is 11.4 Å². The number of nitrogens with zero attached hydrogens (tertiary/aromatic N) is 4. The molecule has 1 aromatic heterocycles. The predicted molar refractivity (Wildman–Crippen MR) is 98.3 cm³/mol. The summed E-state index contributed by atoms with van der Waals surface area (Å²) in [6.07, 6.45) is -3.25. The van der Waals surface area contributed by atoms with Crippen LogP contribution in [0.25, 0.3) is 11.4 Å². The zero-order valence-electron chi connectivity index (χ0n) is 14.9. The van der Waals surface area contributed by atoms with E-state index in [1.165, 1.54) is 35.3 Å². The van der Waals surface area contributed by atoms with Gasteiger partial charge in [-0.1, -0.05) is 30.8 Å². The summed E-state index contributed by atoms with van der Waals surface area (Å²) in [6.45, 7) is 4.01. The molecule has 9 heteroatoms. The highest BCUT2D eigenvalue weighted by Gasteiger charge is 2.31. The minimum absolute atomic E-state index is 0.00645. The quantitative estimate of drug-likeness (QED) is 0.635. The van der Waals surface area contributed by atoms with Gasteiger partial charge in [0.05, 0.1) is 5.69 Å². The molecular formula is C19H17F3N4O2. The Morgan fingerprint density at radius 1 is 1.14 bits per heavy atom. The highest BCUT2D eigenvalue weighted by atomic mass is 19.4. The van der Waals surface area contributed by atoms with Gasteiger partial charge in [-0.2, -0.15) is 4.98 Å². The van der Waals surface area contributed by atoms with Crippen molar-refractivity contribution in [2.24, 2.45) is 0 Å². The van der Waals surface area contributed by atoms with E-state index in [4.69, 9.17) is 0 Å². The molecule has 146 valence electrons. The number of hydrogen-bond donors (Lipinski definition) is 1. The monoisotopic (exact) mass is 390 g/mol. The molecular weight excluding hydrogens is 373 g/mol. The summed E-state index contributed by atoms with van der Waals surface area (Å²) in [7, 11) is 1.82. The van der Waals surface area contributed by atoms with Gasteiger partial charge in [-0.25, -0.2) is 4.68 Å². The van der Waals surface area contributed by atoms with E-state index in [2.05, 4.69) is 21.4 Å². The fourth-order valence-electron chi connectivity index (χ4n) is 2.50. The molecule has 0 amide bonds. The lowest BCUT2D eigenvalue weighted by molar-refractivity contribution is -0.274. The lowest BCUT2D eigenvalue weighted by atomic mass is 10.1. The van der Waals surface area contributed by atoms with Gasteiger partial charge in [-0.05, 0) is 29.8 Å². The molecule has 0 aliphatic carbocycles. The van der Waals surface area contributed by atoms with Crippen LogP contribution in [0.4, 0.5) is 19.1 Å². The Labute approximate surface area is 159 Å². The lowest BCUT2D eigenvalue weighted by Crippen LogP contribution is -2.18. The molecule has 0 radical (unpaired) electrons. The summed E-state index contributed by atoms with van der Waals surface area (Å²) in [5, 5.41) is 13.7. The molecule has 2 aromatic carbocycles. The molecule has 3 aromatic rings. The fourth-order valence-corrected chi connectivity index (χ4v) is 2.50. The predicted octanol–water partition coefficient (Wildman–Crippen LogP) is 4.33. The van der Waals surface area contributed by atoms with Crippen molar-refractivity contribution in [3.05, 3.63) is 72.6 Å². The van der Waals surface area contributed by atoms with Gasteiger partial charge >= 0.3 is 6.36 Å². The number of hydrogen-bond acceptors (Lipinski definition) is 5. The Kier molecular flexibility index (Phi) is 5.25. The largest absolute Gasteiger partial charge is 0.573 e. The highest BCUT2D eigenvalue weighted by Crippen LogP contribution is 2.23. The normalized spacial score (nSPS) is 11.3. The maximum Gasteiger partial charge on any atom is 0.573 e. The summed E-state index contributed by atoms with van der Waals surface area (Å²) in [5.41, 5.74) is 2.18. The van der Waals surface area contributed by atoms with Crippen LogP contribution in [0.5, 0.6) is 5.75 Å². The van der Waals surface area contributed by atoms with Gasteiger partial charge < -0.3 is 14.7 Å². The lowest BCUT2D eigenvalue weighted by Gasteiger charge is -2.15. The zero-order chi connectivity index (χ0) is 20.3. The van der Waals surface area contributed by atoms with E-state index in [-0.39, 0.29) is 11.5 Å². The smallest absolute Gasteiger partial charge is 0.508 e. The Balaban J connectivity index is 1.68. The van der Waals surface area contributed by atoms with Gasteiger partial charge in [0.15, 0.2) is 0 Å². The average molecular weight is 390 g/mol. The molecule has 0 fully saturated rings. The minimum Gasteiger partial charge on any atom is -0.508 e. The van der Waals surface area contributed by atoms with Crippen LogP contribution in [-0.2, 0) is 6.54 Å². The molecule has 0 atom stereocenters. The van der Waals surface area contributed by atoms with E-state index in [1.54, 1.807) is 12.1 Å². The maximum atomic E-state index is 12.2. The third-order valence-electron chi connectivity index (χ3n) is 3.86. The van der Waals surface area contributed by atoms with Crippen molar-refractivity contribution in [3.63, 3.8) is 0 Å². The summed E-state index contributed by atoms with van der Waals surface area (Å²) >= 11 is 0. The van der Waals surface area contributed by atoms with Crippen molar-refractivity contribution < 1.29 is 23.0 Å². The van der Waals surface area contributed by atoms with Gasteiger partial charge in [0.1, 0.15) is 17.8 Å². The molecule has 1 N–H and O–H groups in total. The van der Waals surface area contributed by atoms with Crippen LogP contribution >= 0.6 is 0 Å². The van der Waals surface area contributed by atoms with Gasteiger partial charge in [0.25, 0.3) is 0 Å². The van der Waals surface area contributed by atoms with Crippen molar-refractivity contribution in [2.75, 3.05) is 11.9 Å². The Bertz CT molecular complexity index is 951. The van der Waals surface area contributed by atoms with Crippen molar-refractivity contribution in [1.82, 2.24) is 14.8 Å². The first-order valence-electron chi connectivity index (χ1n) is 8.17.